The van der Waals surface area contributed by atoms with E-state index in [1.165, 1.54) is 0 Å². The van der Waals surface area contributed by atoms with Crippen molar-refractivity contribution in [2.75, 3.05) is 26.2 Å². The monoisotopic (exact) mass is 330 g/mol. The molecular weight excluding hydrogens is 312 g/mol. The summed E-state index contributed by atoms with van der Waals surface area (Å²) in [5.74, 6) is 1.64. The predicted molar refractivity (Wildman–Crippen MR) is 95.5 cm³/mol. The maximum absolute atomic E-state index is 6.59. The van der Waals surface area contributed by atoms with Gasteiger partial charge in [0.15, 0.2) is 0 Å². The zero-order valence-corrected chi connectivity index (χ0v) is 14.4. The van der Waals surface area contributed by atoms with Gasteiger partial charge in [0.05, 0.1) is 25.4 Å². The number of ether oxygens (including phenoxy) is 2. The Kier molecular flexibility index (Phi) is 4.09. The molecule has 0 fully saturated rings. The first-order valence-corrected chi connectivity index (χ1v) is 7.64. The first-order valence-electron chi connectivity index (χ1n) is 7.26. The van der Waals surface area contributed by atoms with Gasteiger partial charge < -0.3 is 18.9 Å². The van der Waals surface area contributed by atoms with Crippen LogP contribution in [0.2, 0.25) is 5.15 Å². The Balaban J connectivity index is 2.15. The van der Waals surface area contributed by atoms with E-state index >= 15 is 0 Å². The molecule has 1 aromatic heterocycles. The summed E-state index contributed by atoms with van der Waals surface area (Å²) >= 11 is 6.59. The lowest BCUT2D eigenvalue weighted by atomic mass is 10.2. The van der Waals surface area contributed by atoms with Crippen LogP contribution in [0.1, 0.15) is 0 Å². The van der Waals surface area contributed by atoms with Crippen molar-refractivity contribution < 1.29 is 9.47 Å². The predicted octanol–water partition coefficient (Wildman–Crippen LogP) is 4.62. The number of fused-ring (bicyclic) bond motifs is 1. The van der Waals surface area contributed by atoms with E-state index in [0.29, 0.717) is 5.15 Å². The molecule has 0 atom stereocenters. The van der Waals surface area contributed by atoms with E-state index in [9.17, 15) is 0 Å². The minimum absolute atomic E-state index is 0.687. The summed E-state index contributed by atoms with van der Waals surface area (Å²) in [5, 5.41) is 1.74. The van der Waals surface area contributed by atoms with E-state index in [1.54, 1.807) is 14.2 Å². The summed E-state index contributed by atoms with van der Waals surface area (Å²) in [6, 6.07) is 13.9. The highest BCUT2D eigenvalue weighted by atomic mass is 35.5. The van der Waals surface area contributed by atoms with Crippen LogP contribution in [-0.2, 0) is 7.05 Å². The number of rotatable bonds is 4. The summed E-state index contributed by atoms with van der Waals surface area (Å²) in [6.07, 6.45) is 0. The minimum Gasteiger partial charge on any atom is -0.497 e. The molecule has 3 aromatic rings. The van der Waals surface area contributed by atoms with Crippen molar-refractivity contribution in [1.82, 2.24) is 4.57 Å². The Morgan fingerprint density at radius 3 is 2.17 bits per heavy atom. The Morgan fingerprint density at radius 2 is 1.57 bits per heavy atom. The van der Waals surface area contributed by atoms with Crippen molar-refractivity contribution in [2.45, 2.75) is 0 Å². The molecule has 0 radical (unpaired) electrons. The smallest absolute Gasteiger partial charge is 0.133 e. The van der Waals surface area contributed by atoms with Gasteiger partial charge in [-0.3, -0.25) is 0 Å². The lowest BCUT2D eigenvalue weighted by Gasteiger charge is -2.20. The highest BCUT2D eigenvalue weighted by Gasteiger charge is 2.18. The number of anilines is 2. The summed E-state index contributed by atoms with van der Waals surface area (Å²) in [4.78, 5) is 2.07. The molecule has 0 aliphatic heterocycles. The van der Waals surface area contributed by atoms with Gasteiger partial charge in [0.1, 0.15) is 16.7 Å². The summed E-state index contributed by atoms with van der Waals surface area (Å²) in [6.45, 7) is 0. The SMILES string of the molecule is COc1ccc(N(C)c2c(Cl)n(C)c3ccc(OC)cc23)cc1. The number of methoxy groups -OCH3 is 2. The van der Waals surface area contributed by atoms with Crippen molar-refractivity contribution in [3.63, 3.8) is 0 Å². The Morgan fingerprint density at radius 1 is 0.957 bits per heavy atom. The number of halogens is 1. The molecule has 0 bridgehead atoms. The largest absolute Gasteiger partial charge is 0.497 e. The molecule has 0 saturated heterocycles. The molecule has 3 rings (SSSR count). The van der Waals surface area contributed by atoms with Crippen molar-refractivity contribution >= 4 is 33.9 Å². The first-order chi connectivity index (χ1) is 11.1. The van der Waals surface area contributed by atoms with Gasteiger partial charge in [-0.05, 0) is 42.5 Å². The fourth-order valence-electron chi connectivity index (χ4n) is 2.75. The van der Waals surface area contributed by atoms with Crippen LogP contribution in [0.4, 0.5) is 11.4 Å². The normalized spacial score (nSPS) is 10.8. The highest BCUT2D eigenvalue weighted by Crippen LogP contribution is 2.41. The van der Waals surface area contributed by atoms with Crippen molar-refractivity contribution in [1.29, 1.82) is 0 Å². The fourth-order valence-corrected chi connectivity index (χ4v) is 3.07. The molecule has 2 aromatic carbocycles. The molecule has 0 N–H and O–H groups in total. The maximum Gasteiger partial charge on any atom is 0.133 e. The second-order valence-corrected chi connectivity index (χ2v) is 5.70. The fraction of sp³-hybridized carbons (Fsp3) is 0.222. The van der Waals surface area contributed by atoms with E-state index in [0.717, 1.165) is 33.8 Å². The highest BCUT2D eigenvalue weighted by molar-refractivity contribution is 6.35. The Hall–Kier alpha value is -2.33. The molecule has 23 heavy (non-hydrogen) atoms. The van der Waals surface area contributed by atoms with E-state index in [4.69, 9.17) is 21.1 Å². The van der Waals surface area contributed by atoms with E-state index in [2.05, 4.69) is 4.90 Å². The summed E-state index contributed by atoms with van der Waals surface area (Å²) in [5.41, 5.74) is 3.04. The van der Waals surface area contributed by atoms with Crippen LogP contribution in [0.3, 0.4) is 0 Å². The van der Waals surface area contributed by atoms with Gasteiger partial charge >= 0.3 is 0 Å². The van der Waals surface area contributed by atoms with E-state index in [-0.39, 0.29) is 0 Å². The topological polar surface area (TPSA) is 26.6 Å². The van der Waals surface area contributed by atoms with Crippen LogP contribution >= 0.6 is 11.6 Å². The van der Waals surface area contributed by atoms with E-state index in [1.807, 2.05) is 61.1 Å². The molecule has 5 heteroatoms. The number of hydrogen-bond acceptors (Lipinski definition) is 3. The summed E-state index contributed by atoms with van der Waals surface area (Å²) < 4.78 is 12.6. The standard InChI is InChI=1S/C18H19ClN2O2/c1-20(12-5-7-13(22-3)8-6-12)17-15-11-14(23-4)9-10-16(15)21(2)18(17)19/h5-11H,1-4H3. The van der Waals surface area contributed by atoms with Crippen LogP contribution in [0, 0.1) is 0 Å². The average molecular weight is 331 g/mol. The molecule has 0 aliphatic rings. The third kappa shape index (κ3) is 2.59. The molecule has 1 heterocycles. The van der Waals surface area contributed by atoms with Crippen molar-refractivity contribution in [3.05, 3.63) is 47.6 Å². The van der Waals surface area contributed by atoms with Crippen LogP contribution in [0.15, 0.2) is 42.5 Å². The molecule has 120 valence electrons. The van der Waals surface area contributed by atoms with Gasteiger partial charge in [0.2, 0.25) is 0 Å². The second-order valence-electron chi connectivity index (χ2n) is 5.34. The quantitative estimate of drug-likeness (QED) is 0.698. The number of hydrogen-bond donors (Lipinski definition) is 0. The number of nitrogens with zero attached hydrogens (tertiary/aromatic N) is 2. The van der Waals surface area contributed by atoms with Crippen LogP contribution < -0.4 is 14.4 Å². The second kappa shape index (κ2) is 6.05. The molecule has 0 saturated carbocycles. The lowest BCUT2D eigenvalue weighted by molar-refractivity contribution is 0.415. The third-order valence-corrected chi connectivity index (χ3v) is 4.54. The molecule has 0 amide bonds. The van der Waals surface area contributed by atoms with Crippen LogP contribution in [0.5, 0.6) is 11.5 Å². The third-order valence-electron chi connectivity index (χ3n) is 4.11. The minimum atomic E-state index is 0.687. The summed E-state index contributed by atoms with van der Waals surface area (Å²) in [7, 11) is 7.29. The Labute approximate surface area is 140 Å². The number of aryl methyl sites for hydroxylation is 1. The van der Waals surface area contributed by atoms with Gasteiger partial charge in [-0.15, -0.1) is 0 Å². The molecule has 0 unspecified atom stereocenters. The van der Waals surface area contributed by atoms with Crippen LogP contribution in [-0.4, -0.2) is 25.8 Å². The molecule has 0 spiro atoms. The zero-order valence-electron chi connectivity index (χ0n) is 13.6. The van der Waals surface area contributed by atoms with Crippen molar-refractivity contribution in [2.24, 2.45) is 7.05 Å². The Bertz CT molecular complexity index is 840. The lowest BCUT2D eigenvalue weighted by Crippen LogP contribution is -2.09. The van der Waals surface area contributed by atoms with Crippen molar-refractivity contribution in [3.8, 4) is 11.5 Å². The number of aromatic nitrogens is 1. The molecule has 4 nitrogen and oxygen atoms in total. The van der Waals surface area contributed by atoms with Gasteiger partial charge in [-0.1, -0.05) is 11.6 Å². The van der Waals surface area contributed by atoms with Gasteiger partial charge in [-0.25, -0.2) is 0 Å². The zero-order chi connectivity index (χ0) is 16.6. The molecular formula is C18H19ClN2O2. The maximum atomic E-state index is 6.59. The average Bonchev–Trinajstić information content (AvgIpc) is 2.84. The number of benzene rings is 2. The first kappa shape index (κ1) is 15.6. The molecule has 0 aliphatic carbocycles. The van der Waals surface area contributed by atoms with Gasteiger partial charge in [0.25, 0.3) is 0 Å². The van der Waals surface area contributed by atoms with E-state index < -0.39 is 0 Å². The van der Waals surface area contributed by atoms with Crippen LogP contribution in [0.25, 0.3) is 10.9 Å². The van der Waals surface area contributed by atoms with Gasteiger partial charge in [0, 0.05) is 25.2 Å². The van der Waals surface area contributed by atoms with Gasteiger partial charge in [-0.2, -0.15) is 0 Å².